The number of para-hydroxylation sites is 1. The highest BCUT2D eigenvalue weighted by Gasteiger charge is 2.62. The van der Waals surface area contributed by atoms with Gasteiger partial charge in [0.25, 0.3) is 5.91 Å². The molecule has 2 aliphatic rings. The lowest BCUT2D eigenvalue weighted by Crippen LogP contribution is -2.70. The highest BCUT2D eigenvalue weighted by atomic mass is 19.1. The first-order valence-corrected chi connectivity index (χ1v) is 10.2. The second-order valence-electron chi connectivity index (χ2n) is 7.77. The van der Waals surface area contributed by atoms with Crippen LogP contribution in [0.5, 0.6) is 5.75 Å². The Balaban J connectivity index is 1.58. The van der Waals surface area contributed by atoms with Crippen LogP contribution in [0.1, 0.15) is 37.0 Å². The van der Waals surface area contributed by atoms with E-state index >= 15 is 0 Å². The lowest BCUT2D eigenvalue weighted by molar-refractivity contribution is -0.159. The quantitative estimate of drug-likeness (QED) is 0.524. The van der Waals surface area contributed by atoms with E-state index in [1.54, 1.807) is 38.1 Å². The van der Waals surface area contributed by atoms with Gasteiger partial charge < -0.3 is 14.4 Å². The number of nitrogens with zero attached hydrogens (tertiary/aromatic N) is 2. The molecule has 0 bridgehead atoms. The number of hydrogen-bond acceptors (Lipinski definition) is 5. The van der Waals surface area contributed by atoms with Crippen LogP contribution in [0.3, 0.4) is 0 Å². The van der Waals surface area contributed by atoms with E-state index in [0.29, 0.717) is 17.0 Å². The van der Waals surface area contributed by atoms with Gasteiger partial charge in [-0.3, -0.25) is 14.5 Å². The van der Waals surface area contributed by atoms with E-state index in [4.69, 9.17) is 9.47 Å². The van der Waals surface area contributed by atoms with Crippen LogP contribution >= 0.6 is 0 Å². The highest BCUT2D eigenvalue weighted by molar-refractivity contribution is 6.15. The second kappa shape index (κ2) is 8.02. The molecule has 2 heterocycles. The minimum absolute atomic E-state index is 0.0492. The molecule has 0 aromatic heterocycles. The van der Waals surface area contributed by atoms with Gasteiger partial charge in [-0.05, 0) is 50.2 Å². The van der Waals surface area contributed by atoms with Crippen molar-refractivity contribution in [3.05, 3.63) is 59.9 Å². The number of halogens is 1. The molecule has 0 radical (unpaired) electrons. The molecule has 0 saturated carbocycles. The average molecular weight is 426 g/mol. The molecule has 1 saturated heterocycles. The fourth-order valence-corrected chi connectivity index (χ4v) is 4.31. The number of esters is 1. The molecule has 2 amide bonds. The van der Waals surface area contributed by atoms with Gasteiger partial charge in [0.15, 0.2) is 0 Å². The predicted octanol–water partition coefficient (Wildman–Crippen LogP) is 3.14. The molecular weight excluding hydrogens is 403 g/mol. The number of carbonyl (C=O) groups excluding carboxylic acids is 3. The number of rotatable bonds is 6. The molecule has 4 rings (SSSR count). The molecule has 1 fully saturated rings. The maximum atomic E-state index is 13.4. The molecule has 31 heavy (non-hydrogen) atoms. The SMILES string of the molecule is CC(C)N1C(=O)c2ccccc2N2C(=O)CCC21C(=O)OCCOc1ccc(F)cc1. The van der Waals surface area contributed by atoms with Crippen molar-refractivity contribution in [1.82, 2.24) is 4.90 Å². The van der Waals surface area contributed by atoms with Gasteiger partial charge >= 0.3 is 5.97 Å². The van der Waals surface area contributed by atoms with Gasteiger partial charge in [-0.1, -0.05) is 12.1 Å². The summed E-state index contributed by atoms with van der Waals surface area (Å²) in [5, 5.41) is 0. The molecule has 0 N–H and O–H groups in total. The van der Waals surface area contributed by atoms with Crippen molar-refractivity contribution in [2.24, 2.45) is 0 Å². The van der Waals surface area contributed by atoms with E-state index < -0.39 is 11.6 Å². The first-order chi connectivity index (χ1) is 14.9. The number of carbonyl (C=O) groups is 3. The van der Waals surface area contributed by atoms with Gasteiger partial charge in [0.05, 0.1) is 11.3 Å². The Kier molecular flexibility index (Phi) is 5.39. The van der Waals surface area contributed by atoms with Gasteiger partial charge in [0.2, 0.25) is 11.6 Å². The Bertz CT molecular complexity index is 1020. The largest absolute Gasteiger partial charge is 0.490 e. The number of benzene rings is 2. The summed E-state index contributed by atoms with van der Waals surface area (Å²) >= 11 is 0. The number of ether oxygens (including phenoxy) is 2. The standard InChI is InChI=1S/C23H23FN2O5/c1-15(2)25-21(28)18-5-3-4-6-19(18)26-20(27)11-12-23(25,26)22(29)31-14-13-30-17-9-7-16(24)8-10-17/h3-10,15H,11-14H2,1-2H3. The molecular formula is C23H23FN2O5. The van der Waals surface area contributed by atoms with Crippen molar-refractivity contribution in [1.29, 1.82) is 0 Å². The van der Waals surface area contributed by atoms with Gasteiger partial charge in [0, 0.05) is 18.9 Å². The first kappa shape index (κ1) is 20.8. The molecule has 0 spiro atoms. The van der Waals surface area contributed by atoms with Crippen molar-refractivity contribution in [2.75, 3.05) is 18.1 Å². The van der Waals surface area contributed by atoms with E-state index in [9.17, 15) is 18.8 Å². The molecule has 1 unspecified atom stereocenters. The van der Waals surface area contributed by atoms with Crippen molar-refractivity contribution in [3.8, 4) is 5.75 Å². The summed E-state index contributed by atoms with van der Waals surface area (Å²) in [5.41, 5.74) is -0.715. The second-order valence-corrected chi connectivity index (χ2v) is 7.77. The molecule has 2 aliphatic heterocycles. The maximum Gasteiger partial charge on any atom is 0.353 e. The third-order valence-corrected chi connectivity index (χ3v) is 5.54. The Labute approximate surface area is 179 Å². The van der Waals surface area contributed by atoms with Crippen LogP contribution in [0, 0.1) is 5.82 Å². The average Bonchev–Trinajstić information content (AvgIpc) is 3.10. The van der Waals surface area contributed by atoms with E-state index in [0.717, 1.165) is 0 Å². The molecule has 162 valence electrons. The van der Waals surface area contributed by atoms with Crippen molar-refractivity contribution >= 4 is 23.5 Å². The first-order valence-electron chi connectivity index (χ1n) is 10.2. The Morgan fingerprint density at radius 2 is 1.81 bits per heavy atom. The number of hydrogen-bond donors (Lipinski definition) is 0. The number of fused-ring (bicyclic) bond motifs is 3. The lowest BCUT2D eigenvalue weighted by atomic mass is 9.95. The van der Waals surface area contributed by atoms with Crippen LogP contribution < -0.4 is 9.64 Å². The van der Waals surface area contributed by atoms with E-state index in [1.165, 1.54) is 34.1 Å². The summed E-state index contributed by atoms with van der Waals surface area (Å²) < 4.78 is 24.0. The minimum atomic E-state index is -1.52. The van der Waals surface area contributed by atoms with E-state index in [2.05, 4.69) is 0 Å². The lowest BCUT2D eigenvalue weighted by Gasteiger charge is -2.50. The summed E-state index contributed by atoms with van der Waals surface area (Å²) in [4.78, 5) is 42.3. The van der Waals surface area contributed by atoms with Crippen LogP contribution in [-0.2, 0) is 14.3 Å². The van der Waals surface area contributed by atoms with Crippen LogP contribution in [0.25, 0.3) is 0 Å². The molecule has 8 heteroatoms. The monoisotopic (exact) mass is 426 g/mol. The molecule has 2 aromatic rings. The normalized spacial score (nSPS) is 20.0. The molecule has 0 aliphatic carbocycles. The summed E-state index contributed by atoms with van der Waals surface area (Å²) in [5.74, 6) is -1.14. The summed E-state index contributed by atoms with van der Waals surface area (Å²) in [6, 6.07) is 12.0. The van der Waals surface area contributed by atoms with Crippen LogP contribution in [0.2, 0.25) is 0 Å². The number of amides is 2. The summed E-state index contributed by atoms with van der Waals surface area (Å²) in [6.07, 6.45) is 0.285. The Morgan fingerprint density at radius 1 is 1.10 bits per heavy atom. The van der Waals surface area contributed by atoms with Gasteiger partial charge in [0.1, 0.15) is 24.8 Å². The zero-order valence-corrected chi connectivity index (χ0v) is 17.3. The van der Waals surface area contributed by atoms with Crippen molar-refractivity contribution < 1.29 is 28.2 Å². The van der Waals surface area contributed by atoms with Crippen molar-refractivity contribution in [3.63, 3.8) is 0 Å². The van der Waals surface area contributed by atoms with Crippen molar-refractivity contribution in [2.45, 2.75) is 38.4 Å². The fraction of sp³-hybridized carbons (Fsp3) is 0.348. The smallest absolute Gasteiger partial charge is 0.353 e. The van der Waals surface area contributed by atoms with Gasteiger partial charge in [-0.2, -0.15) is 0 Å². The number of anilines is 1. The Morgan fingerprint density at radius 3 is 2.52 bits per heavy atom. The molecule has 2 aromatic carbocycles. The summed E-state index contributed by atoms with van der Waals surface area (Å²) in [7, 11) is 0. The summed E-state index contributed by atoms with van der Waals surface area (Å²) in [6.45, 7) is 3.58. The minimum Gasteiger partial charge on any atom is -0.490 e. The van der Waals surface area contributed by atoms with Crippen LogP contribution in [-0.4, -0.2) is 47.6 Å². The topological polar surface area (TPSA) is 76.2 Å². The third kappa shape index (κ3) is 3.41. The third-order valence-electron chi connectivity index (χ3n) is 5.54. The van der Waals surface area contributed by atoms with Crippen LogP contribution in [0.4, 0.5) is 10.1 Å². The van der Waals surface area contributed by atoms with E-state index in [1.807, 2.05) is 0 Å². The Hall–Kier alpha value is -3.42. The zero-order valence-electron chi connectivity index (χ0n) is 17.3. The fourth-order valence-electron chi connectivity index (χ4n) is 4.31. The molecule has 7 nitrogen and oxygen atoms in total. The highest BCUT2D eigenvalue weighted by Crippen LogP contribution is 2.45. The predicted molar refractivity (Wildman–Crippen MR) is 110 cm³/mol. The zero-order chi connectivity index (χ0) is 22.2. The maximum absolute atomic E-state index is 13.4. The van der Waals surface area contributed by atoms with E-state index in [-0.39, 0.29) is 49.7 Å². The van der Waals surface area contributed by atoms with Crippen LogP contribution in [0.15, 0.2) is 48.5 Å². The van der Waals surface area contributed by atoms with Gasteiger partial charge in [-0.15, -0.1) is 0 Å². The molecule has 1 atom stereocenters. The van der Waals surface area contributed by atoms with Gasteiger partial charge in [-0.25, -0.2) is 9.18 Å².